The number of anilines is 8. The van der Waals surface area contributed by atoms with Crippen LogP contribution < -0.4 is 15.1 Å². The molecule has 55 heavy (non-hydrogen) atoms. The maximum Gasteiger partial charge on any atom is 0.140 e. The number of pyridine rings is 1. The lowest BCUT2D eigenvalue weighted by Gasteiger charge is -2.30. The van der Waals surface area contributed by atoms with Crippen molar-refractivity contribution in [3.05, 3.63) is 235 Å². The molecule has 1 N–H and O–H groups in total. The molecule has 1 fully saturated rings. The monoisotopic (exact) mass is 710 g/mol. The predicted molar refractivity (Wildman–Crippen MR) is 229 cm³/mol. The highest BCUT2D eigenvalue weighted by Crippen LogP contribution is 2.62. The van der Waals surface area contributed by atoms with Crippen LogP contribution in [0.2, 0.25) is 0 Å². The first kappa shape index (κ1) is 33.9. The molecular formula is C51H42N4. The minimum Gasteiger partial charge on any atom is -0.355 e. The van der Waals surface area contributed by atoms with Crippen molar-refractivity contribution in [1.29, 1.82) is 0 Å². The van der Waals surface area contributed by atoms with Crippen molar-refractivity contribution in [2.45, 2.75) is 24.2 Å². The van der Waals surface area contributed by atoms with Gasteiger partial charge in [-0.25, -0.2) is 4.98 Å². The zero-order chi connectivity index (χ0) is 36.9. The lowest BCUT2D eigenvalue weighted by Crippen LogP contribution is -2.18. The average Bonchev–Trinajstić information content (AvgIpc) is 3.98. The molecule has 2 atom stereocenters. The standard InChI is InChI=1S/C51H42N4/c1-7-20-40(21-8-1)48-38-51(48,41-22-9-2-10-23-41)37-39-34-49(54(44-27-13-4-14-28-44)45-29-15-5-16-30-45)53-50(35-39)55(46-31-17-6-18-32-46)47-33-19-26-43(36-47)52-42-24-11-3-12-25-42/h1-36,48,52H,37-38H2. The molecule has 4 heteroatoms. The second-order valence-corrected chi connectivity index (χ2v) is 14.3. The van der Waals surface area contributed by atoms with Gasteiger partial charge in [0.2, 0.25) is 0 Å². The summed E-state index contributed by atoms with van der Waals surface area (Å²) in [6.07, 6.45) is 1.96. The maximum absolute atomic E-state index is 5.59. The molecule has 0 saturated heterocycles. The minimum absolute atomic E-state index is 0.0417. The van der Waals surface area contributed by atoms with Crippen LogP contribution in [0.3, 0.4) is 0 Å². The van der Waals surface area contributed by atoms with Crippen LogP contribution in [0.4, 0.5) is 45.8 Å². The van der Waals surface area contributed by atoms with E-state index in [1.807, 2.05) is 6.07 Å². The number of para-hydroxylation sites is 4. The Morgan fingerprint density at radius 3 is 1.44 bits per heavy atom. The third-order valence-corrected chi connectivity index (χ3v) is 10.7. The van der Waals surface area contributed by atoms with Gasteiger partial charge in [0.1, 0.15) is 11.6 Å². The molecule has 0 spiro atoms. The fourth-order valence-corrected chi connectivity index (χ4v) is 8.03. The number of rotatable bonds is 12. The van der Waals surface area contributed by atoms with Gasteiger partial charge in [-0.15, -0.1) is 0 Å². The van der Waals surface area contributed by atoms with Gasteiger partial charge in [0, 0.05) is 39.5 Å². The minimum atomic E-state index is -0.0417. The lowest BCUT2D eigenvalue weighted by molar-refractivity contribution is 0.659. The molecule has 4 nitrogen and oxygen atoms in total. The number of hydrogen-bond acceptors (Lipinski definition) is 4. The molecule has 0 bridgehead atoms. The predicted octanol–water partition coefficient (Wildman–Crippen LogP) is 13.4. The Hall–Kier alpha value is -6.91. The molecule has 1 aliphatic carbocycles. The quantitative estimate of drug-likeness (QED) is 0.137. The zero-order valence-corrected chi connectivity index (χ0v) is 30.6. The van der Waals surface area contributed by atoms with Crippen molar-refractivity contribution < 1.29 is 0 Å². The number of aromatic nitrogens is 1. The molecule has 1 aromatic heterocycles. The van der Waals surface area contributed by atoms with Crippen molar-refractivity contribution >= 4 is 45.8 Å². The second kappa shape index (κ2) is 15.2. The average molecular weight is 711 g/mol. The summed E-state index contributed by atoms with van der Waals surface area (Å²) >= 11 is 0. The molecule has 0 amide bonds. The molecule has 0 radical (unpaired) electrons. The van der Waals surface area contributed by atoms with E-state index in [4.69, 9.17) is 4.98 Å². The van der Waals surface area contributed by atoms with E-state index in [0.717, 1.165) is 58.6 Å². The lowest BCUT2D eigenvalue weighted by atomic mass is 9.85. The SMILES string of the molecule is c1ccc(Nc2cccc(N(c3ccccc3)c3cc(CC4(c5ccccc5)CC4c4ccccc4)cc(N(c4ccccc4)c4ccccc4)n3)c2)cc1. The highest BCUT2D eigenvalue weighted by molar-refractivity contribution is 5.81. The van der Waals surface area contributed by atoms with Gasteiger partial charge in [-0.3, -0.25) is 9.80 Å². The van der Waals surface area contributed by atoms with Gasteiger partial charge >= 0.3 is 0 Å². The number of nitrogens with one attached hydrogen (secondary N) is 1. The summed E-state index contributed by atoms with van der Waals surface area (Å²) in [6.45, 7) is 0. The molecule has 266 valence electrons. The van der Waals surface area contributed by atoms with E-state index in [1.165, 1.54) is 16.7 Å². The Kier molecular flexibility index (Phi) is 9.38. The van der Waals surface area contributed by atoms with Crippen LogP contribution in [0.5, 0.6) is 0 Å². The molecular weight excluding hydrogens is 669 g/mol. The van der Waals surface area contributed by atoms with Crippen LogP contribution in [0.15, 0.2) is 218 Å². The van der Waals surface area contributed by atoms with E-state index >= 15 is 0 Å². The van der Waals surface area contributed by atoms with Gasteiger partial charge < -0.3 is 5.32 Å². The molecule has 7 aromatic carbocycles. The normalized spacial score (nSPS) is 15.9. The largest absolute Gasteiger partial charge is 0.355 e. The van der Waals surface area contributed by atoms with Crippen LogP contribution in [0.1, 0.15) is 29.0 Å². The van der Waals surface area contributed by atoms with Crippen molar-refractivity contribution in [2.24, 2.45) is 0 Å². The smallest absolute Gasteiger partial charge is 0.140 e. The van der Waals surface area contributed by atoms with Crippen LogP contribution in [-0.4, -0.2) is 4.98 Å². The van der Waals surface area contributed by atoms with Crippen molar-refractivity contribution in [3.63, 3.8) is 0 Å². The van der Waals surface area contributed by atoms with E-state index in [1.54, 1.807) is 0 Å². The third-order valence-electron chi connectivity index (χ3n) is 10.7. The summed E-state index contributed by atoms with van der Waals surface area (Å²) in [5, 5.41) is 3.61. The van der Waals surface area contributed by atoms with Crippen molar-refractivity contribution in [3.8, 4) is 0 Å². The van der Waals surface area contributed by atoms with Gasteiger partial charge in [-0.2, -0.15) is 0 Å². The summed E-state index contributed by atoms with van der Waals surface area (Å²) < 4.78 is 0. The topological polar surface area (TPSA) is 31.4 Å². The van der Waals surface area contributed by atoms with Gasteiger partial charge in [-0.05, 0) is 114 Å². The first-order valence-electron chi connectivity index (χ1n) is 19.0. The Morgan fingerprint density at radius 2 is 0.891 bits per heavy atom. The molecule has 0 aliphatic heterocycles. The second-order valence-electron chi connectivity index (χ2n) is 14.3. The number of nitrogens with zero attached hydrogens (tertiary/aromatic N) is 3. The fourth-order valence-electron chi connectivity index (χ4n) is 8.03. The maximum atomic E-state index is 5.59. The number of hydrogen-bond donors (Lipinski definition) is 1. The summed E-state index contributed by atoms with van der Waals surface area (Å²) in [5.74, 6) is 2.14. The van der Waals surface area contributed by atoms with Gasteiger partial charge in [0.25, 0.3) is 0 Å². The van der Waals surface area contributed by atoms with E-state index in [2.05, 4.69) is 227 Å². The summed E-state index contributed by atoms with van der Waals surface area (Å²) in [6, 6.07) is 77.4. The molecule has 1 saturated carbocycles. The highest BCUT2D eigenvalue weighted by Gasteiger charge is 2.55. The van der Waals surface area contributed by atoms with E-state index < -0.39 is 0 Å². The van der Waals surface area contributed by atoms with Crippen LogP contribution in [-0.2, 0) is 11.8 Å². The summed E-state index contributed by atoms with van der Waals surface area (Å²) in [4.78, 5) is 10.1. The number of benzene rings is 7. The Morgan fingerprint density at radius 1 is 0.455 bits per heavy atom. The fraction of sp³-hybridized carbons (Fsp3) is 0.0784. The van der Waals surface area contributed by atoms with E-state index in [9.17, 15) is 0 Å². The first-order valence-corrected chi connectivity index (χ1v) is 19.0. The molecule has 1 aliphatic rings. The van der Waals surface area contributed by atoms with E-state index in [-0.39, 0.29) is 5.41 Å². The Balaban J connectivity index is 1.23. The van der Waals surface area contributed by atoms with E-state index in [0.29, 0.717) is 5.92 Å². The molecule has 8 aromatic rings. The van der Waals surface area contributed by atoms with Crippen LogP contribution in [0.25, 0.3) is 0 Å². The van der Waals surface area contributed by atoms with Gasteiger partial charge in [-0.1, -0.05) is 140 Å². The summed E-state index contributed by atoms with van der Waals surface area (Å²) in [5.41, 5.74) is 10.2. The van der Waals surface area contributed by atoms with Crippen LogP contribution >= 0.6 is 0 Å². The Bertz CT molecular complexity index is 2420. The van der Waals surface area contributed by atoms with Crippen molar-refractivity contribution in [2.75, 3.05) is 15.1 Å². The summed E-state index contributed by atoms with van der Waals surface area (Å²) in [7, 11) is 0. The molecule has 1 heterocycles. The van der Waals surface area contributed by atoms with Gasteiger partial charge in [0.05, 0.1) is 0 Å². The van der Waals surface area contributed by atoms with Crippen molar-refractivity contribution in [1.82, 2.24) is 4.98 Å². The third kappa shape index (κ3) is 7.23. The van der Waals surface area contributed by atoms with Gasteiger partial charge in [0.15, 0.2) is 0 Å². The zero-order valence-electron chi connectivity index (χ0n) is 30.6. The molecule has 2 unspecified atom stereocenters. The highest BCUT2D eigenvalue weighted by atomic mass is 15.3. The Labute approximate surface area is 324 Å². The van der Waals surface area contributed by atoms with Crippen LogP contribution in [0, 0.1) is 0 Å². The molecule has 9 rings (SSSR count). The first-order chi connectivity index (χ1) is 27.2.